The lowest BCUT2D eigenvalue weighted by molar-refractivity contribution is -0.123. The van der Waals surface area contributed by atoms with Crippen LogP contribution in [0.4, 0.5) is 8.78 Å². The first-order chi connectivity index (χ1) is 14.0. The Balaban J connectivity index is 1.93. The summed E-state index contributed by atoms with van der Waals surface area (Å²) in [6.45, 7) is 0. The Hall–Kier alpha value is -3.06. The number of hydrogen-bond donors (Lipinski definition) is 1. The molecule has 0 radical (unpaired) electrons. The summed E-state index contributed by atoms with van der Waals surface area (Å²) in [5, 5.41) is 3.90. The number of imidazole rings is 1. The molecule has 0 spiro atoms. The number of fused-ring (bicyclic) bond motifs is 1. The fourth-order valence-corrected chi connectivity index (χ4v) is 3.29. The van der Waals surface area contributed by atoms with E-state index in [1.807, 2.05) is 4.72 Å². The van der Waals surface area contributed by atoms with Crippen LogP contribution in [0.2, 0.25) is 0 Å². The Morgan fingerprint density at radius 1 is 1.23 bits per heavy atom. The highest BCUT2D eigenvalue weighted by Crippen LogP contribution is 2.22. The Labute approximate surface area is 171 Å². The number of amides is 1. The van der Waals surface area contributed by atoms with E-state index in [9.17, 15) is 22.0 Å². The molecule has 3 heterocycles. The number of sulfonamides is 1. The van der Waals surface area contributed by atoms with E-state index in [2.05, 4.69) is 20.1 Å². The SMILES string of the molecule is CN(C)C(Cc1cc(-c2cnc3ccc(C(F)F)nn23)ncn1)C(=O)NS(C)(=O)=O. The van der Waals surface area contributed by atoms with Crippen LogP contribution < -0.4 is 4.72 Å². The Morgan fingerprint density at radius 3 is 2.60 bits per heavy atom. The van der Waals surface area contributed by atoms with Crippen LogP contribution in [0.25, 0.3) is 17.0 Å². The molecule has 1 atom stereocenters. The van der Waals surface area contributed by atoms with E-state index in [0.717, 1.165) is 6.26 Å². The molecule has 3 aromatic heterocycles. The molecule has 0 aliphatic heterocycles. The summed E-state index contributed by atoms with van der Waals surface area (Å²) < 4.78 is 52.0. The first-order valence-corrected chi connectivity index (χ1v) is 10.6. The van der Waals surface area contributed by atoms with Crippen molar-refractivity contribution in [1.29, 1.82) is 0 Å². The van der Waals surface area contributed by atoms with Gasteiger partial charge < -0.3 is 0 Å². The fraction of sp³-hybridized carbons (Fsp3) is 0.353. The van der Waals surface area contributed by atoms with Gasteiger partial charge in [0.1, 0.15) is 17.7 Å². The van der Waals surface area contributed by atoms with Gasteiger partial charge in [0.2, 0.25) is 10.0 Å². The van der Waals surface area contributed by atoms with E-state index in [-0.39, 0.29) is 6.42 Å². The largest absolute Gasteiger partial charge is 0.298 e. The Bertz CT molecular complexity index is 1180. The van der Waals surface area contributed by atoms with Crippen molar-refractivity contribution < 1.29 is 22.0 Å². The second-order valence-electron chi connectivity index (χ2n) is 6.79. The number of likely N-dealkylation sites (N-methyl/N-ethyl adjacent to an activating group) is 1. The smallest absolute Gasteiger partial charge is 0.282 e. The fourth-order valence-electron chi connectivity index (χ4n) is 2.79. The van der Waals surface area contributed by atoms with Crippen LogP contribution in [0.1, 0.15) is 17.8 Å². The van der Waals surface area contributed by atoms with Gasteiger partial charge in [0.05, 0.1) is 24.2 Å². The molecule has 3 rings (SSSR count). The van der Waals surface area contributed by atoms with Gasteiger partial charge >= 0.3 is 0 Å². The lowest BCUT2D eigenvalue weighted by Gasteiger charge is -2.22. The van der Waals surface area contributed by atoms with E-state index in [1.165, 1.54) is 29.2 Å². The maximum Gasteiger partial charge on any atom is 0.282 e. The lowest BCUT2D eigenvalue weighted by atomic mass is 10.1. The van der Waals surface area contributed by atoms with Gasteiger partial charge in [-0.3, -0.25) is 14.4 Å². The Kier molecular flexibility index (Phi) is 6.03. The predicted molar refractivity (Wildman–Crippen MR) is 103 cm³/mol. The molecule has 0 saturated heterocycles. The van der Waals surface area contributed by atoms with Crippen LogP contribution >= 0.6 is 0 Å². The zero-order valence-corrected chi connectivity index (χ0v) is 17.1. The molecule has 1 N–H and O–H groups in total. The number of carbonyl (C=O) groups is 1. The van der Waals surface area contributed by atoms with Crippen molar-refractivity contribution in [2.75, 3.05) is 20.4 Å². The van der Waals surface area contributed by atoms with Crippen molar-refractivity contribution in [2.45, 2.75) is 18.9 Å². The summed E-state index contributed by atoms with van der Waals surface area (Å²) in [4.78, 5) is 26.3. The van der Waals surface area contributed by atoms with Gasteiger partial charge in [-0.05, 0) is 32.3 Å². The van der Waals surface area contributed by atoms with Crippen LogP contribution in [0.3, 0.4) is 0 Å². The number of hydrogen-bond acceptors (Lipinski definition) is 8. The zero-order chi connectivity index (χ0) is 22.1. The molecule has 0 saturated carbocycles. The molecule has 13 heteroatoms. The van der Waals surface area contributed by atoms with Gasteiger partial charge in [0.25, 0.3) is 12.3 Å². The van der Waals surface area contributed by atoms with E-state index in [1.54, 1.807) is 25.1 Å². The van der Waals surface area contributed by atoms with Crippen molar-refractivity contribution >= 4 is 21.6 Å². The molecule has 1 amide bonds. The monoisotopic (exact) mass is 439 g/mol. The number of aromatic nitrogens is 5. The van der Waals surface area contributed by atoms with E-state index < -0.39 is 34.1 Å². The summed E-state index contributed by atoms with van der Waals surface area (Å²) in [5.74, 6) is -0.694. The van der Waals surface area contributed by atoms with E-state index in [4.69, 9.17) is 0 Å². The number of alkyl halides is 2. The van der Waals surface area contributed by atoms with Crippen LogP contribution in [0.15, 0.2) is 30.7 Å². The molecule has 0 aliphatic carbocycles. The maximum absolute atomic E-state index is 13.0. The third kappa shape index (κ3) is 4.91. The van der Waals surface area contributed by atoms with Gasteiger partial charge in [-0.2, -0.15) is 5.10 Å². The first kappa shape index (κ1) is 21.6. The topological polar surface area (TPSA) is 122 Å². The quantitative estimate of drug-likeness (QED) is 0.570. The van der Waals surface area contributed by atoms with Crippen molar-refractivity contribution in [3.8, 4) is 11.4 Å². The molecule has 10 nitrogen and oxygen atoms in total. The number of carbonyl (C=O) groups excluding carboxylic acids is 1. The van der Waals surface area contributed by atoms with Gasteiger partial charge in [-0.15, -0.1) is 0 Å². The average Bonchev–Trinajstić information content (AvgIpc) is 3.07. The second kappa shape index (κ2) is 8.36. The van der Waals surface area contributed by atoms with E-state index in [0.29, 0.717) is 22.7 Å². The third-order valence-corrected chi connectivity index (χ3v) is 4.78. The highest BCUT2D eigenvalue weighted by molar-refractivity contribution is 7.89. The maximum atomic E-state index is 13.0. The standard InChI is InChI=1S/C17H19F2N7O3S/c1-25(2)13(17(27)24-30(3,28)29)7-10-6-12(22-9-21-10)14-8-20-15-5-4-11(16(18)19)23-26(14)15/h4-6,8-9,13,16H,7H2,1-3H3,(H,24,27). The lowest BCUT2D eigenvalue weighted by Crippen LogP contribution is -2.46. The summed E-state index contributed by atoms with van der Waals surface area (Å²) in [7, 11) is -0.446. The molecule has 0 fully saturated rings. The van der Waals surface area contributed by atoms with Gasteiger partial charge in [-0.25, -0.2) is 36.7 Å². The van der Waals surface area contributed by atoms with Crippen molar-refractivity contribution in [3.63, 3.8) is 0 Å². The molecule has 0 aromatic carbocycles. The summed E-state index contributed by atoms with van der Waals surface area (Å²) in [5.41, 5.74) is 1.15. The molecule has 3 aromatic rings. The summed E-state index contributed by atoms with van der Waals surface area (Å²) in [6, 6.07) is 3.39. The minimum atomic E-state index is -3.71. The number of halogens is 2. The number of rotatable bonds is 7. The van der Waals surface area contributed by atoms with Crippen LogP contribution in [-0.4, -0.2) is 70.2 Å². The molecule has 160 valence electrons. The molecular formula is C17H19F2N7O3S. The highest BCUT2D eigenvalue weighted by Gasteiger charge is 2.25. The van der Waals surface area contributed by atoms with Crippen molar-refractivity contribution in [3.05, 3.63) is 42.1 Å². The first-order valence-electron chi connectivity index (χ1n) is 8.67. The molecular weight excluding hydrogens is 420 g/mol. The number of nitrogens with one attached hydrogen (secondary N) is 1. The Morgan fingerprint density at radius 2 is 1.97 bits per heavy atom. The minimum absolute atomic E-state index is 0.0936. The second-order valence-corrected chi connectivity index (χ2v) is 8.54. The highest BCUT2D eigenvalue weighted by atomic mass is 32.2. The average molecular weight is 439 g/mol. The van der Waals surface area contributed by atoms with Crippen LogP contribution in [-0.2, 0) is 21.2 Å². The molecule has 30 heavy (non-hydrogen) atoms. The minimum Gasteiger partial charge on any atom is -0.298 e. The zero-order valence-electron chi connectivity index (χ0n) is 16.3. The number of nitrogens with zero attached hydrogens (tertiary/aromatic N) is 6. The van der Waals surface area contributed by atoms with Crippen LogP contribution in [0, 0.1) is 0 Å². The van der Waals surface area contributed by atoms with Crippen molar-refractivity contribution in [1.82, 2.24) is 34.2 Å². The van der Waals surface area contributed by atoms with Gasteiger partial charge in [0.15, 0.2) is 5.65 Å². The third-order valence-electron chi connectivity index (χ3n) is 4.21. The summed E-state index contributed by atoms with van der Waals surface area (Å²) >= 11 is 0. The summed E-state index contributed by atoms with van der Waals surface area (Å²) in [6.07, 6.45) is 0.966. The van der Waals surface area contributed by atoms with Gasteiger partial charge in [-0.1, -0.05) is 0 Å². The van der Waals surface area contributed by atoms with Crippen molar-refractivity contribution in [2.24, 2.45) is 0 Å². The van der Waals surface area contributed by atoms with Crippen LogP contribution in [0.5, 0.6) is 0 Å². The normalized spacial score (nSPS) is 13.2. The van der Waals surface area contributed by atoms with Gasteiger partial charge in [0, 0.05) is 12.1 Å². The van der Waals surface area contributed by atoms with E-state index >= 15 is 0 Å². The molecule has 1 unspecified atom stereocenters. The molecule has 0 bridgehead atoms. The molecule has 0 aliphatic rings. The predicted octanol–water partition coefficient (Wildman–Crippen LogP) is 0.672.